The normalized spacial score (nSPS) is 11.1. The van der Waals surface area contributed by atoms with Gasteiger partial charge in [0.15, 0.2) is 0 Å². The number of nitrogen functional groups attached to an aromatic ring is 2. The molecule has 0 radical (unpaired) electrons. The van der Waals surface area contributed by atoms with E-state index in [1.165, 1.54) is 5.56 Å². The first-order chi connectivity index (χ1) is 21.8. The van der Waals surface area contributed by atoms with Crippen molar-refractivity contribution in [3.05, 3.63) is 157 Å². The molecule has 0 aromatic heterocycles. The smallest absolute Gasteiger partial charge is 0.240 e. The lowest BCUT2D eigenvalue weighted by Gasteiger charge is -2.09. The van der Waals surface area contributed by atoms with Gasteiger partial charge in [0.05, 0.1) is 4.90 Å². The zero-order valence-electron chi connectivity index (χ0n) is 25.1. The highest BCUT2D eigenvalue weighted by molar-refractivity contribution is 7.80. The van der Waals surface area contributed by atoms with Gasteiger partial charge < -0.3 is 25.1 Å². The zero-order valence-corrected chi connectivity index (χ0v) is 25.9. The number of rotatable bonds is 8. The molecule has 0 aliphatic rings. The summed E-state index contributed by atoms with van der Waals surface area (Å²) in [6.45, 7) is 4.05. The molecule has 0 spiro atoms. The maximum absolute atomic E-state index is 11.9. The number of benzene rings is 6. The minimum Gasteiger partial charge on any atom is -0.457 e. The van der Waals surface area contributed by atoms with Gasteiger partial charge >= 0.3 is 0 Å². The maximum Gasteiger partial charge on any atom is 0.240 e. The van der Waals surface area contributed by atoms with Crippen LogP contribution in [0.5, 0.6) is 28.7 Å². The van der Waals surface area contributed by atoms with Crippen molar-refractivity contribution in [2.45, 2.75) is 18.7 Å². The Bertz CT molecular complexity index is 1730. The molecular weight excluding hydrogens is 580 g/mol. The van der Waals surface area contributed by atoms with E-state index in [4.69, 9.17) is 25.1 Å². The third kappa shape index (κ3) is 9.23. The molecule has 6 nitrogen and oxygen atoms in total. The number of ether oxygens (including phenoxy) is 2. The van der Waals surface area contributed by atoms with Crippen LogP contribution in [0.15, 0.2) is 150 Å². The van der Waals surface area contributed by atoms with Crippen LogP contribution in [-0.4, -0.2) is 4.21 Å². The molecule has 7 heteroatoms. The van der Waals surface area contributed by atoms with Crippen LogP contribution in [0, 0.1) is 13.8 Å². The summed E-state index contributed by atoms with van der Waals surface area (Å²) >= 11 is -1.50. The van der Waals surface area contributed by atoms with Crippen LogP contribution >= 0.6 is 0 Å². The van der Waals surface area contributed by atoms with E-state index in [0.29, 0.717) is 16.3 Å². The molecule has 45 heavy (non-hydrogen) atoms. The zero-order chi connectivity index (χ0) is 31.6. The first-order valence-electron chi connectivity index (χ1n) is 14.3. The highest BCUT2D eigenvalue weighted by Gasteiger charge is 2.06. The average Bonchev–Trinajstić information content (AvgIpc) is 3.06. The fourth-order valence-corrected chi connectivity index (χ4v) is 4.89. The second-order valence-electron chi connectivity index (χ2n) is 10.3. The third-order valence-corrected chi connectivity index (χ3v) is 7.68. The molecule has 0 saturated carbocycles. The molecule has 6 aromatic carbocycles. The Balaban J connectivity index is 0.000000201. The van der Waals surface area contributed by atoms with Crippen LogP contribution in [-0.2, 0) is 11.1 Å². The number of aryl methyl sites for hydroxylation is 2. The SMILES string of the molecule is Cc1ccc(OS(=O)c2ccc(N)cc2)cc1.Cc1ccc(Oc2ccc(-c3ccc(Oc4ccc(N)cc4)cc3)cc2)cc1. The van der Waals surface area contributed by atoms with Crippen molar-refractivity contribution in [2.24, 2.45) is 0 Å². The summed E-state index contributed by atoms with van der Waals surface area (Å²) in [4.78, 5) is 0.597. The van der Waals surface area contributed by atoms with Gasteiger partial charge in [0, 0.05) is 11.4 Å². The van der Waals surface area contributed by atoms with Gasteiger partial charge in [-0.25, -0.2) is 4.21 Å². The largest absolute Gasteiger partial charge is 0.457 e. The van der Waals surface area contributed by atoms with Crippen LogP contribution < -0.4 is 25.1 Å². The summed E-state index contributed by atoms with van der Waals surface area (Å²) < 4.78 is 28.9. The van der Waals surface area contributed by atoms with Crippen LogP contribution in [0.4, 0.5) is 11.4 Å². The Morgan fingerprint density at radius 2 is 0.733 bits per heavy atom. The van der Waals surface area contributed by atoms with E-state index in [1.54, 1.807) is 36.4 Å². The summed E-state index contributed by atoms with van der Waals surface area (Å²) in [6.07, 6.45) is 0. The van der Waals surface area contributed by atoms with Crippen molar-refractivity contribution < 1.29 is 17.9 Å². The molecule has 1 atom stereocenters. The van der Waals surface area contributed by atoms with Crippen molar-refractivity contribution in [2.75, 3.05) is 11.5 Å². The molecule has 0 saturated heterocycles. The van der Waals surface area contributed by atoms with Gasteiger partial charge in [0.2, 0.25) is 11.1 Å². The molecule has 226 valence electrons. The van der Waals surface area contributed by atoms with Crippen LogP contribution in [0.1, 0.15) is 11.1 Å². The van der Waals surface area contributed by atoms with Crippen molar-refractivity contribution in [1.29, 1.82) is 0 Å². The van der Waals surface area contributed by atoms with Crippen molar-refractivity contribution in [3.63, 3.8) is 0 Å². The predicted octanol–water partition coefficient (Wildman–Crippen LogP) is 9.51. The van der Waals surface area contributed by atoms with Gasteiger partial charge in [-0.15, -0.1) is 0 Å². The van der Waals surface area contributed by atoms with Crippen molar-refractivity contribution in [1.82, 2.24) is 0 Å². The third-order valence-electron chi connectivity index (χ3n) is 6.68. The lowest BCUT2D eigenvalue weighted by atomic mass is 10.1. The first-order valence-corrected chi connectivity index (χ1v) is 15.4. The molecule has 6 aromatic rings. The molecule has 0 aliphatic heterocycles. The minimum absolute atomic E-state index is 0.589. The Hall–Kier alpha value is -5.53. The van der Waals surface area contributed by atoms with Crippen LogP contribution in [0.3, 0.4) is 0 Å². The van der Waals surface area contributed by atoms with Crippen molar-refractivity contribution >= 4 is 22.5 Å². The number of hydrogen-bond donors (Lipinski definition) is 2. The standard InChI is InChI=1S/C25H21NO2.C13H13NO2S/c1-18-2-10-22(11-3-18)27-23-12-4-19(5-13-23)20-6-14-24(15-7-20)28-25-16-8-21(26)9-17-25;1-10-2-6-12(7-3-10)16-17(15)13-8-4-11(14)5-9-13/h2-17H,26H2,1H3;2-9H,14H2,1H3. The van der Waals surface area contributed by atoms with E-state index < -0.39 is 11.1 Å². The topological polar surface area (TPSA) is 96.8 Å². The fourth-order valence-electron chi connectivity index (χ4n) is 4.15. The van der Waals surface area contributed by atoms with Crippen LogP contribution in [0.25, 0.3) is 11.1 Å². The Kier molecular flexibility index (Phi) is 10.1. The lowest BCUT2D eigenvalue weighted by molar-refractivity contribution is 0.482. The second kappa shape index (κ2) is 14.8. The number of hydrogen-bond acceptors (Lipinski definition) is 6. The molecule has 4 N–H and O–H groups in total. The van der Waals surface area contributed by atoms with Gasteiger partial charge in [-0.1, -0.05) is 59.7 Å². The molecule has 1 unspecified atom stereocenters. The molecule has 6 rings (SSSR count). The summed E-state index contributed by atoms with van der Waals surface area (Å²) in [5, 5.41) is 0. The highest BCUT2D eigenvalue weighted by atomic mass is 32.2. The summed E-state index contributed by atoms with van der Waals surface area (Å²) in [5.41, 5.74) is 17.2. The highest BCUT2D eigenvalue weighted by Crippen LogP contribution is 2.29. The second-order valence-corrected chi connectivity index (χ2v) is 11.4. The monoisotopic (exact) mass is 614 g/mol. The Morgan fingerprint density at radius 1 is 0.422 bits per heavy atom. The lowest BCUT2D eigenvalue weighted by Crippen LogP contribution is -2.01. The minimum atomic E-state index is -1.50. The number of nitrogens with two attached hydrogens (primary N) is 2. The van der Waals surface area contributed by atoms with Gasteiger partial charge in [-0.05, 0) is 122 Å². The summed E-state index contributed by atoms with van der Waals surface area (Å²) in [5.74, 6) is 3.79. The molecule has 0 amide bonds. The molecular formula is C38H34N2O4S. The van der Waals surface area contributed by atoms with E-state index in [1.807, 2.05) is 104 Å². The fraction of sp³-hybridized carbons (Fsp3) is 0.0526. The average molecular weight is 615 g/mol. The summed E-state index contributed by atoms with van der Waals surface area (Å²) in [7, 11) is 0. The first kappa shape index (κ1) is 30.9. The van der Waals surface area contributed by atoms with Gasteiger partial charge in [0.25, 0.3) is 0 Å². The molecule has 0 aliphatic carbocycles. The van der Waals surface area contributed by atoms with Crippen molar-refractivity contribution in [3.8, 4) is 39.9 Å². The van der Waals surface area contributed by atoms with Gasteiger partial charge in [-0.3, -0.25) is 0 Å². The van der Waals surface area contributed by atoms with Gasteiger partial charge in [-0.2, -0.15) is 0 Å². The Morgan fingerprint density at radius 3 is 1.13 bits per heavy atom. The number of anilines is 2. The summed E-state index contributed by atoms with van der Waals surface area (Å²) in [6, 6.07) is 45.7. The van der Waals surface area contributed by atoms with E-state index >= 15 is 0 Å². The molecule has 0 bridgehead atoms. The van der Waals surface area contributed by atoms with E-state index in [0.717, 1.165) is 45.4 Å². The molecule has 0 fully saturated rings. The van der Waals surface area contributed by atoms with E-state index in [9.17, 15) is 4.21 Å². The predicted molar refractivity (Wildman–Crippen MR) is 183 cm³/mol. The van der Waals surface area contributed by atoms with E-state index in [2.05, 4.69) is 19.1 Å². The maximum atomic E-state index is 11.9. The quantitative estimate of drug-likeness (QED) is 0.166. The van der Waals surface area contributed by atoms with E-state index in [-0.39, 0.29) is 0 Å². The molecule has 0 heterocycles. The van der Waals surface area contributed by atoms with Gasteiger partial charge in [0.1, 0.15) is 28.7 Å². The van der Waals surface area contributed by atoms with Crippen LogP contribution in [0.2, 0.25) is 0 Å². The Labute approximate surface area is 266 Å².